The largest absolute Gasteiger partial charge is 0.482 e. The first-order valence-electron chi connectivity index (χ1n) is 10.4. The number of esters is 1. The lowest BCUT2D eigenvalue weighted by Crippen LogP contribution is -2.29. The highest BCUT2D eigenvalue weighted by atomic mass is 16.6. The number of benzene rings is 2. The topological polar surface area (TPSA) is 94.8 Å². The number of carbonyl (C=O) groups excluding carboxylic acids is 2. The molecular formula is C25H27NO6. The lowest BCUT2D eigenvalue weighted by atomic mass is 9.87. The Labute approximate surface area is 186 Å². The third-order valence-electron chi connectivity index (χ3n) is 4.83. The maximum absolute atomic E-state index is 12.3. The summed E-state index contributed by atoms with van der Waals surface area (Å²) in [4.78, 5) is 36.1. The van der Waals surface area contributed by atoms with Crippen LogP contribution in [-0.2, 0) is 14.9 Å². The zero-order valence-electron chi connectivity index (χ0n) is 18.5. The Hall–Kier alpha value is -3.61. The molecular weight excluding hydrogens is 410 g/mol. The Morgan fingerprint density at radius 3 is 2.47 bits per heavy atom. The number of fused-ring (bicyclic) bond motifs is 1. The molecule has 2 aromatic carbocycles. The number of hydrogen-bond acceptors (Lipinski definition) is 6. The quantitative estimate of drug-likeness (QED) is 0.327. The highest BCUT2D eigenvalue weighted by Gasteiger charge is 2.14. The molecule has 3 aromatic rings. The van der Waals surface area contributed by atoms with E-state index in [-0.39, 0.29) is 30.7 Å². The van der Waals surface area contributed by atoms with Crippen molar-refractivity contribution in [3.8, 4) is 5.75 Å². The van der Waals surface area contributed by atoms with Crippen LogP contribution in [0.25, 0.3) is 11.0 Å². The summed E-state index contributed by atoms with van der Waals surface area (Å²) in [5.41, 5.74) is 0.890. The van der Waals surface area contributed by atoms with Crippen molar-refractivity contribution in [1.29, 1.82) is 0 Å². The second-order valence-corrected chi connectivity index (χ2v) is 8.38. The van der Waals surface area contributed by atoms with Crippen molar-refractivity contribution >= 4 is 22.8 Å². The molecule has 0 aliphatic rings. The van der Waals surface area contributed by atoms with Gasteiger partial charge in [0.05, 0.1) is 6.61 Å². The van der Waals surface area contributed by atoms with Gasteiger partial charge >= 0.3 is 11.6 Å². The smallest absolute Gasteiger partial charge is 0.349 e. The summed E-state index contributed by atoms with van der Waals surface area (Å²) in [5, 5.41) is 3.30. The monoisotopic (exact) mass is 437 g/mol. The third kappa shape index (κ3) is 6.20. The molecule has 7 heteroatoms. The first-order valence-corrected chi connectivity index (χ1v) is 10.4. The fraction of sp³-hybridized carbons (Fsp3) is 0.320. The van der Waals surface area contributed by atoms with E-state index in [2.05, 4.69) is 26.1 Å². The molecule has 0 fully saturated rings. The van der Waals surface area contributed by atoms with E-state index in [1.165, 1.54) is 11.6 Å². The van der Waals surface area contributed by atoms with E-state index in [0.29, 0.717) is 23.1 Å². The Morgan fingerprint density at radius 2 is 1.75 bits per heavy atom. The maximum atomic E-state index is 12.3. The molecule has 0 atom stereocenters. The molecule has 1 aromatic heterocycles. The van der Waals surface area contributed by atoms with Gasteiger partial charge in [0.25, 0.3) is 5.91 Å². The molecule has 1 heterocycles. The molecule has 0 aliphatic carbocycles. The van der Waals surface area contributed by atoms with Crippen LogP contribution in [0.5, 0.6) is 5.75 Å². The summed E-state index contributed by atoms with van der Waals surface area (Å²) in [5.74, 6) is -0.430. The minimum Gasteiger partial charge on any atom is -0.482 e. The van der Waals surface area contributed by atoms with Gasteiger partial charge in [-0.15, -0.1) is 0 Å². The molecule has 0 saturated carbocycles. The van der Waals surface area contributed by atoms with Crippen molar-refractivity contribution in [2.45, 2.75) is 32.6 Å². The van der Waals surface area contributed by atoms with E-state index in [9.17, 15) is 14.4 Å². The van der Waals surface area contributed by atoms with Crippen LogP contribution in [0.1, 0.15) is 43.1 Å². The summed E-state index contributed by atoms with van der Waals surface area (Å²) in [7, 11) is 0. The Kier molecular flexibility index (Phi) is 7.30. The number of rotatable bonds is 8. The summed E-state index contributed by atoms with van der Waals surface area (Å²) < 4.78 is 15.7. The molecule has 0 aliphatic heterocycles. The van der Waals surface area contributed by atoms with Gasteiger partial charge in [-0.1, -0.05) is 51.1 Å². The molecule has 32 heavy (non-hydrogen) atoms. The van der Waals surface area contributed by atoms with Gasteiger partial charge < -0.3 is 19.2 Å². The maximum Gasteiger partial charge on any atom is 0.349 e. The normalized spacial score (nSPS) is 11.2. The number of carbonyl (C=O) groups is 2. The molecule has 0 spiro atoms. The fourth-order valence-corrected chi connectivity index (χ4v) is 3.01. The van der Waals surface area contributed by atoms with Crippen LogP contribution < -0.4 is 15.7 Å². The Morgan fingerprint density at radius 1 is 1.03 bits per heavy atom. The number of hydrogen-bond donors (Lipinski definition) is 1. The van der Waals surface area contributed by atoms with E-state index in [0.717, 1.165) is 0 Å². The fourth-order valence-electron chi connectivity index (χ4n) is 3.01. The second-order valence-electron chi connectivity index (χ2n) is 8.38. The highest BCUT2D eigenvalue weighted by molar-refractivity contribution is 5.96. The van der Waals surface area contributed by atoms with Crippen molar-refractivity contribution in [2.24, 2.45) is 0 Å². The molecule has 0 radical (unpaired) electrons. The van der Waals surface area contributed by atoms with Gasteiger partial charge in [0.15, 0.2) is 6.61 Å². The summed E-state index contributed by atoms with van der Waals surface area (Å²) >= 11 is 0. The Bertz CT molecular complexity index is 1140. The van der Waals surface area contributed by atoms with Crippen LogP contribution in [0.15, 0.2) is 63.8 Å². The number of para-hydroxylation sites is 1. The number of ether oxygens (including phenoxy) is 2. The van der Waals surface area contributed by atoms with E-state index >= 15 is 0 Å². The minimum absolute atomic E-state index is 0.0468. The van der Waals surface area contributed by atoms with Crippen molar-refractivity contribution < 1.29 is 23.5 Å². The summed E-state index contributed by atoms with van der Waals surface area (Å²) in [6.45, 7) is 6.54. The Balaban J connectivity index is 1.37. The molecule has 168 valence electrons. The highest BCUT2D eigenvalue weighted by Crippen LogP contribution is 2.24. The first kappa shape index (κ1) is 23.1. The van der Waals surface area contributed by atoms with Crippen molar-refractivity contribution in [3.05, 3.63) is 76.1 Å². The van der Waals surface area contributed by atoms with Gasteiger partial charge in [0, 0.05) is 11.9 Å². The van der Waals surface area contributed by atoms with Crippen LogP contribution in [0.3, 0.4) is 0 Å². The van der Waals surface area contributed by atoms with Crippen LogP contribution >= 0.6 is 0 Å². The van der Waals surface area contributed by atoms with Crippen molar-refractivity contribution in [2.75, 3.05) is 19.8 Å². The van der Waals surface area contributed by atoms with Gasteiger partial charge in [0.1, 0.15) is 16.9 Å². The van der Waals surface area contributed by atoms with E-state index in [1.54, 1.807) is 24.3 Å². The van der Waals surface area contributed by atoms with Crippen LogP contribution in [-0.4, -0.2) is 31.6 Å². The molecule has 0 unspecified atom stereocenters. The molecule has 3 rings (SSSR count). The summed E-state index contributed by atoms with van der Waals surface area (Å²) in [6, 6.07) is 16.1. The molecule has 0 saturated heterocycles. The number of nitrogens with one attached hydrogen (secondary N) is 1. The van der Waals surface area contributed by atoms with Crippen molar-refractivity contribution in [1.82, 2.24) is 5.32 Å². The van der Waals surface area contributed by atoms with Crippen molar-refractivity contribution in [3.63, 3.8) is 0 Å². The standard InChI is InChI=1S/C25H27NO6/c1-25(2,3)18-9-11-19(12-10-18)31-16-22(27)30-14-6-13-26-23(28)20-15-17-7-4-5-8-21(17)32-24(20)29/h4-5,7-12,15H,6,13-14,16H2,1-3H3,(H,26,28). The predicted octanol–water partition coefficient (Wildman–Crippen LogP) is 3.83. The SMILES string of the molecule is CC(C)(C)c1ccc(OCC(=O)OCCCNC(=O)c2cc3ccccc3oc2=O)cc1. The number of amides is 1. The van der Waals surface area contributed by atoms with E-state index in [1.807, 2.05) is 24.3 Å². The van der Waals surface area contributed by atoms with Gasteiger partial charge in [0.2, 0.25) is 0 Å². The minimum atomic E-state index is -0.694. The first-order chi connectivity index (χ1) is 15.2. The lowest BCUT2D eigenvalue weighted by Gasteiger charge is -2.19. The predicted molar refractivity (Wildman–Crippen MR) is 121 cm³/mol. The van der Waals surface area contributed by atoms with Gasteiger partial charge in [-0.25, -0.2) is 9.59 Å². The van der Waals surface area contributed by atoms with Crippen LogP contribution in [0, 0.1) is 0 Å². The van der Waals surface area contributed by atoms with E-state index < -0.39 is 17.5 Å². The van der Waals surface area contributed by atoms with Gasteiger partial charge in [-0.05, 0) is 41.7 Å². The molecule has 0 bridgehead atoms. The average Bonchev–Trinajstić information content (AvgIpc) is 2.76. The third-order valence-corrected chi connectivity index (χ3v) is 4.83. The van der Waals surface area contributed by atoms with Gasteiger partial charge in [-0.2, -0.15) is 0 Å². The molecule has 7 nitrogen and oxygen atoms in total. The van der Waals surface area contributed by atoms with E-state index in [4.69, 9.17) is 13.9 Å². The van der Waals surface area contributed by atoms with Gasteiger partial charge in [-0.3, -0.25) is 4.79 Å². The average molecular weight is 437 g/mol. The zero-order chi connectivity index (χ0) is 23.1. The van der Waals surface area contributed by atoms with Crippen LogP contribution in [0.2, 0.25) is 0 Å². The second kappa shape index (κ2) is 10.1. The molecule has 1 amide bonds. The van der Waals surface area contributed by atoms with Crippen LogP contribution in [0.4, 0.5) is 0 Å². The molecule has 1 N–H and O–H groups in total. The summed E-state index contributed by atoms with van der Waals surface area (Å²) in [6.07, 6.45) is 0.399. The zero-order valence-corrected chi connectivity index (χ0v) is 18.5. The lowest BCUT2D eigenvalue weighted by molar-refractivity contribution is -0.146.